The lowest BCUT2D eigenvalue weighted by atomic mass is 10.5. The van der Waals surface area contributed by atoms with Crippen LogP contribution in [0.5, 0.6) is 0 Å². The van der Waals surface area contributed by atoms with E-state index in [1.165, 1.54) is 17.1 Å². The maximum atomic E-state index is 11.8. The van der Waals surface area contributed by atoms with Crippen molar-refractivity contribution in [3.05, 3.63) is 12.4 Å². The van der Waals surface area contributed by atoms with Crippen LogP contribution in [0.4, 0.5) is 13.2 Å². The number of halogens is 3. The first-order valence-electron chi connectivity index (χ1n) is 4.68. The van der Waals surface area contributed by atoms with Gasteiger partial charge in [0.05, 0.1) is 19.3 Å². The molecule has 1 aromatic heterocycles. The van der Waals surface area contributed by atoms with Crippen LogP contribution in [-0.2, 0) is 16.4 Å². The summed E-state index contributed by atoms with van der Waals surface area (Å²) in [6.45, 7) is -0.844. The normalized spacial score (nSPS) is 12.9. The van der Waals surface area contributed by atoms with Gasteiger partial charge in [-0.05, 0) is 0 Å². The van der Waals surface area contributed by atoms with Crippen molar-refractivity contribution in [1.29, 1.82) is 0 Å². The molecule has 5 nitrogen and oxygen atoms in total. The number of nitrogens with zero attached hydrogens (tertiary/aromatic N) is 2. The van der Waals surface area contributed by atoms with Crippen LogP contribution in [0.3, 0.4) is 0 Å². The molecule has 0 atom stereocenters. The molecule has 0 aliphatic rings. The summed E-state index contributed by atoms with van der Waals surface area (Å²) < 4.78 is 58.8. The summed E-state index contributed by atoms with van der Waals surface area (Å²) in [6, 6.07) is 0. The zero-order valence-corrected chi connectivity index (χ0v) is 9.85. The van der Waals surface area contributed by atoms with E-state index < -0.39 is 22.6 Å². The number of hydrogen-bond donors (Lipinski definition) is 1. The van der Waals surface area contributed by atoms with Gasteiger partial charge in [0, 0.05) is 19.0 Å². The van der Waals surface area contributed by atoms with E-state index >= 15 is 0 Å². The summed E-state index contributed by atoms with van der Waals surface area (Å²) in [7, 11) is -3.32. The standard InChI is InChI=1S/C8H12F3N3O2S/c1-17(15,16)7-4-13-14(5-7)3-2-12-6-8(9,10)11/h4-5,12H,2-3,6H2,1H3. The first-order valence-corrected chi connectivity index (χ1v) is 6.57. The van der Waals surface area contributed by atoms with Gasteiger partial charge in [0.15, 0.2) is 9.84 Å². The number of nitrogens with one attached hydrogen (secondary N) is 1. The van der Waals surface area contributed by atoms with E-state index in [0.717, 1.165) is 6.26 Å². The van der Waals surface area contributed by atoms with Crippen molar-refractivity contribution < 1.29 is 21.6 Å². The maximum Gasteiger partial charge on any atom is 0.401 e. The number of rotatable bonds is 5. The van der Waals surface area contributed by atoms with Crippen LogP contribution in [0.1, 0.15) is 0 Å². The summed E-state index contributed by atoms with van der Waals surface area (Å²) in [6.07, 6.45) is -0.762. The van der Waals surface area contributed by atoms with Gasteiger partial charge in [-0.1, -0.05) is 0 Å². The van der Waals surface area contributed by atoms with E-state index in [0.29, 0.717) is 0 Å². The molecule has 0 saturated heterocycles. The van der Waals surface area contributed by atoms with Crippen LogP contribution in [0.2, 0.25) is 0 Å². The predicted molar refractivity (Wildman–Crippen MR) is 54.3 cm³/mol. The Labute approximate surface area is 96.5 Å². The maximum absolute atomic E-state index is 11.8. The van der Waals surface area contributed by atoms with Gasteiger partial charge in [-0.3, -0.25) is 4.68 Å². The van der Waals surface area contributed by atoms with Gasteiger partial charge >= 0.3 is 6.18 Å². The van der Waals surface area contributed by atoms with Crippen molar-refractivity contribution in [1.82, 2.24) is 15.1 Å². The molecule has 0 unspecified atom stereocenters. The molecule has 0 amide bonds. The topological polar surface area (TPSA) is 64.0 Å². The van der Waals surface area contributed by atoms with Crippen LogP contribution >= 0.6 is 0 Å². The molecule has 0 aromatic carbocycles. The number of sulfone groups is 1. The van der Waals surface area contributed by atoms with Crippen molar-refractivity contribution in [2.75, 3.05) is 19.3 Å². The highest BCUT2D eigenvalue weighted by Gasteiger charge is 2.25. The Morgan fingerprint density at radius 3 is 2.59 bits per heavy atom. The Bertz CT molecular complexity index is 467. The number of hydrogen-bond acceptors (Lipinski definition) is 4. The lowest BCUT2D eigenvalue weighted by Gasteiger charge is -2.07. The van der Waals surface area contributed by atoms with Crippen LogP contribution in [-0.4, -0.2) is 43.7 Å². The van der Waals surface area contributed by atoms with Crippen molar-refractivity contribution in [3.8, 4) is 0 Å². The third-order valence-electron chi connectivity index (χ3n) is 1.88. The second-order valence-electron chi connectivity index (χ2n) is 3.50. The largest absolute Gasteiger partial charge is 0.401 e. The fourth-order valence-electron chi connectivity index (χ4n) is 1.08. The van der Waals surface area contributed by atoms with Crippen molar-refractivity contribution in [3.63, 3.8) is 0 Å². The Morgan fingerprint density at radius 1 is 1.47 bits per heavy atom. The highest BCUT2D eigenvalue weighted by molar-refractivity contribution is 7.90. The number of aromatic nitrogens is 2. The highest BCUT2D eigenvalue weighted by Crippen LogP contribution is 2.12. The molecule has 0 bridgehead atoms. The van der Waals surface area contributed by atoms with Gasteiger partial charge in [-0.25, -0.2) is 8.42 Å². The minimum Gasteiger partial charge on any atom is -0.307 e. The van der Waals surface area contributed by atoms with E-state index in [2.05, 4.69) is 10.4 Å². The van der Waals surface area contributed by atoms with Gasteiger partial charge in [0.1, 0.15) is 4.90 Å². The first-order chi connectivity index (χ1) is 7.68. The van der Waals surface area contributed by atoms with Crippen molar-refractivity contribution in [2.24, 2.45) is 0 Å². The molecule has 0 radical (unpaired) electrons. The smallest absolute Gasteiger partial charge is 0.307 e. The van der Waals surface area contributed by atoms with Crippen LogP contribution in [0.25, 0.3) is 0 Å². The number of alkyl halides is 3. The third-order valence-corrected chi connectivity index (χ3v) is 2.95. The van der Waals surface area contributed by atoms with Gasteiger partial charge < -0.3 is 5.32 Å². The lowest BCUT2D eigenvalue weighted by molar-refractivity contribution is -0.124. The van der Waals surface area contributed by atoms with E-state index in [1.54, 1.807) is 0 Å². The van der Waals surface area contributed by atoms with E-state index in [4.69, 9.17) is 0 Å². The molecule has 0 aliphatic carbocycles. The highest BCUT2D eigenvalue weighted by atomic mass is 32.2. The van der Waals surface area contributed by atoms with Gasteiger partial charge in [0.25, 0.3) is 0 Å². The molecule has 1 aromatic rings. The lowest BCUT2D eigenvalue weighted by Crippen LogP contribution is -2.31. The van der Waals surface area contributed by atoms with Crippen molar-refractivity contribution >= 4 is 9.84 Å². The molecular weight excluding hydrogens is 259 g/mol. The van der Waals surface area contributed by atoms with Crippen LogP contribution in [0, 0.1) is 0 Å². The molecule has 0 fully saturated rings. The third kappa shape index (κ3) is 5.18. The first kappa shape index (κ1) is 14.0. The molecular formula is C8H12F3N3O2S. The molecule has 1 N–H and O–H groups in total. The summed E-state index contributed by atoms with van der Waals surface area (Å²) in [5.41, 5.74) is 0. The minimum absolute atomic E-state index is 0.0494. The van der Waals surface area contributed by atoms with E-state index in [1.807, 2.05) is 0 Å². The monoisotopic (exact) mass is 271 g/mol. The molecule has 1 heterocycles. The summed E-state index contributed by atoms with van der Waals surface area (Å²) in [5.74, 6) is 0. The molecule has 1 rings (SSSR count). The van der Waals surface area contributed by atoms with Gasteiger partial charge in [-0.15, -0.1) is 0 Å². The molecule has 9 heteroatoms. The fraction of sp³-hybridized carbons (Fsp3) is 0.625. The average molecular weight is 271 g/mol. The minimum atomic E-state index is -4.25. The molecule has 0 saturated carbocycles. The van der Waals surface area contributed by atoms with Gasteiger partial charge in [-0.2, -0.15) is 18.3 Å². The van der Waals surface area contributed by atoms with E-state index in [9.17, 15) is 21.6 Å². The molecule has 0 aliphatic heterocycles. The second-order valence-corrected chi connectivity index (χ2v) is 5.52. The molecule has 17 heavy (non-hydrogen) atoms. The van der Waals surface area contributed by atoms with Crippen LogP contribution in [0.15, 0.2) is 17.3 Å². The Hall–Kier alpha value is -1.09. The molecule has 98 valence electrons. The average Bonchev–Trinajstić information content (AvgIpc) is 2.58. The SMILES string of the molecule is CS(=O)(=O)c1cnn(CCNCC(F)(F)F)c1. The summed E-state index contributed by atoms with van der Waals surface area (Å²) in [5, 5.41) is 5.92. The van der Waals surface area contributed by atoms with Gasteiger partial charge in [0.2, 0.25) is 0 Å². The van der Waals surface area contributed by atoms with Crippen molar-refractivity contribution in [2.45, 2.75) is 17.6 Å². The Morgan fingerprint density at radius 2 is 2.12 bits per heavy atom. The Balaban J connectivity index is 2.41. The quantitative estimate of drug-likeness (QED) is 0.789. The zero-order chi connectivity index (χ0) is 13.1. The summed E-state index contributed by atoms with van der Waals surface area (Å²) >= 11 is 0. The Kier molecular flexibility index (Phi) is 4.15. The zero-order valence-electron chi connectivity index (χ0n) is 9.03. The van der Waals surface area contributed by atoms with Crippen LogP contribution < -0.4 is 5.32 Å². The fourth-order valence-corrected chi connectivity index (χ4v) is 1.63. The predicted octanol–water partition coefficient (Wildman–Crippen LogP) is 0.438. The van der Waals surface area contributed by atoms with E-state index in [-0.39, 0.29) is 18.0 Å². The second kappa shape index (κ2) is 5.05. The summed E-state index contributed by atoms with van der Waals surface area (Å²) in [4.78, 5) is 0.0494. The molecule has 0 spiro atoms.